The van der Waals surface area contributed by atoms with Gasteiger partial charge in [-0.1, -0.05) is 0 Å². The fraction of sp³-hybridized carbons (Fsp3) is 0.800. The van der Waals surface area contributed by atoms with Crippen LogP contribution in [0.5, 0.6) is 0 Å². The molecule has 0 aromatic carbocycles. The van der Waals surface area contributed by atoms with Gasteiger partial charge >= 0.3 is 0 Å². The van der Waals surface area contributed by atoms with Gasteiger partial charge in [0.05, 0.1) is 24.9 Å². The molecule has 0 bridgehead atoms. The third kappa shape index (κ3) is 1.87. The van der Waals surface area contributed by atoms with Crippen molar-refractivity contribution in [3.63, 3.8) is 0 Å². The molecule has 4 atom stereocenters. The molecular weight excluding hydrogens is 252 g/mol. The van der Waals surface area contributed by atoms with Gasteiger partial charge in [0.25, 0.3) is 0 Å². The van der Waals surface area contributed by atoms with Gasteiger partial charge in [0.2, 0.25) is 0 Å². The first-order valence-corrected chi connectivity index (χ1v) is 7.98. The molecule has 0 aromatic heterocycles. The molecule has 2 saturated heterocycles. The number of dihydropyridines is 1. The second kappa shape index (κ2) is 4.74. The lowest BCUT2D eigenvalue weighted by molar-refractivity contribution is 0.0678. The van der Waals surface area contributed by atoms with Crippen LogP contribution in [-0.4, -0.2) is 53.3 Å². The first-order chi connectivity index (χ1) is 9.74. The summed E-state index contributed by atoms with van der Waals surface area (Å²) in [7, 11) is 0. The molecule has 3 N–H and O–H groups in total. The molecule has 0 amide bonds. The van der Waals surface area contributed by atoms with Gasteiger partial charge in [-0.25, -0.2) is 0 Å². The summed E-state index contributed by atoms with van der Waals surface area (Å²) >= 11 is 0. The number of rotatable bonds is 1. The van der Waals surface area contributed by atoms with Crippen LogP contribution in [0.4, 0.5) is 0 Å². The van der Waals surface area contributed by atoms with E-state index in [1.807, 2.05) is 0 Å². The van der Waals surface area contributed by atoms with Gasteiger partial charge in [-0.3, -0.25) is 10.3 Å². The van der Waals surface area contributed by atoms with Crippen molar-refractivity contribution in [2.75, 3.05) is 13.1 Å². The minimum atomic E-state index is -0.121. The lowest BCUT2D eigenvalue weighted by Gasteiger charge is -2.39. The first kappa shape index (κ1) is 12.7. The van der Waals surface area contributed by atoms with Crippen molar-refractivity contribution in [2.24, 2.45) is 4.99 Å². The molecule has 1 saturated carbocycles. The number of amidine groups is 1. The Kier molecular flexibility index (Phi) is 3.00. The highest BCUT2D eigenvalue weighted by molar-refractivity contribution is 6.01. The highest BCUT2D eigenvalue weighted by Crippen LogP contribution is 2.36. The van der Waals surface area contributed by atoms with Crippen LogP contribution in [0.15, 0.2) is 16.3 Å². The minimum absolute atomic E-state index is 0.121. The fourth-order valence-electron chi connectivity index (χ4n) is 4.36. The monoisotopic (exact) mass is 276 g/mol. The zero-order valence-electron chi connectivity index (χ0n) is 12.1. The Morgan fingerprint density at radius 1 is 1.35 bits per heavy atom. The molecule has 4 rings (SSSR count). The van der Waals surface area contributed by atoms with Crippen molar-refractivity contribution in [3.8, 4) is 0 Å². The summed E-state index contributed by atoms with van der Waals surface area (Å²) in [6, 6.07) is 0.858. The fourth-order valence-corrected chi connectivity index (χ4v) is 4.36. The molecule has 1 aliphatic carbocycles. The van der Waals surface area contributed by atoms with Crippen LogP contribution in [0.3, 0.4) is 0 Å². The number of aliphatic hydroxyl groups excluding tert-OH is 1. The average molecular weight is 276 g/mol. The molecule has 5 nitrogen and oxygen atoms in total. The standard InChI is InChI=1S/C15H24N4O/c1-9-18-13-8-17-15-12(5-6-16-15)14(13)19(9)10-3-2-4-11(20)7-10/h9-11,13,18,20H,2-8H2,1H3,(H,16,17). The van der Waals surface area contributed by atoms with Gasteiger partial charge in [-0.2, -0.15) is 0 Å². The van der Waals surface area contributed by atoms with Crippen molar-refractivity contribution in [3.05, 3.63) is 11.3 Å². The van der Waals surface area contributed by atoms with E-state index in [4.69, 9.17) is 0 Å². The molecule has 110 valence electrons. The second-order valence-corrected chi connectivity index (χ2v) is 6.51. The predicted octanol–water partition coefficient (Wildman–Crippen LogP) is 0.569. The summed E-state index contributed by atoms with van der Waals surface area (Å²) in [6.07, 6.45) is 5.54. The van der Waals surface area contributed by atoms with E-state index >= 15 is 0 Å². The summed E-state index contributed by atoms with van der Waals surface area (Å²) in [5, 5.41) is 17.1. The van der Waals surface area contributed by atoms with E-state index < -0.39 is 0 Å². The minimum Gasteiger partial charge on any atom is -0.393 e. The van der Waals surface area contributed by atoms with E-state index in [1.165, 1.54) is 17.7 Å². The van der Waals surface area contributed by atoms with Gasteiger partial charge < -0.3 is 15.3 Å². The highest BCUT2D eigenvalue weighted by Gasteiger charge is 2.43. The zero-order chi connectivity index (χ0) is 13.7. The highest BCUT2D eigenvalue weighted by atomic mass is 16.3. The van der Waals surface area contributed by atoms with Crippen LogP contribution in [0.25, 0.3) is 0 Å². The van der Waals surface area contributed by atoms with E-state index in [2.05, 4.69) is 27.4 Å². The van der Waals surface area contributed by atoms with Crippen LogP contribution in [0, 0.1) is 0 Å². The van der Waals surface area contributed by atoms with Crippen molar-refractivity contribution in [2.45, 2.75) is 63.4 Å². The largest absolute Gasteiger partial charge is 0.393 e. The van der Waals surface area contributed by atoms with Gasteiger partial charge in [-0.15, -0.1) is 0 Å². The quantitative estimate of drug-likeness (QED) is 0.655. The number of fused-ring (bicyclic) bond motifs is 2. The van der Waals surface area contributed by atoms with Gasteiger partial charge in [-0.05, 0) is 39.0 Å². The Labute approximate surface area is 120 Å². The molecule has 0 aromatic rings. The van der Waals surface area contributed by atoms with Crippen molar-refractivity contribution < 1.29 is 5.11 Å². The molecule has 4 aliphatic rings. The molecular formula is C15H24N4O. The van der Waals surface area contributed by atoms with Crippen molar-refractivity contribution >= 4 is 5.84 Å². The van der Waals surface area contributed by atoms with Crippen molar-refractivity contribution in [1.82, 2.24) is 15.5 Å². The van der Waals surface area contributed by atoms with Crippen molar-refractivity contribution in [1.29, 1.82) is 0 Å². The Morgan fingerprint density at radius 2 is 2.25 bits per heavy atom. The summed E-state index contributed by atoms with van der Waals surface area (Å²) in [5.74, 6) is 1.12. The molecule has 20 heavy (non-hydrogen) atoms. The molecule has 3 heterocycles. The molecule has 3 aliphatic heterocycles. The van der Waals surface area contributed by atoms with Crippen LogP contribution in [0.2, 0.25) is 0 Å². The lowest BCUT2D eigenvalue weighted by atomic mass is 9.90. The van der Waals surface area contributed by atoms with E-state index in [-0.39, 0.29) is 6.10 Å². The Morgan fingerprint density at radius 3 is 3.10 bits per heavy atom. The maximum absolute atomic E-state index is 10.0. The zero-order valence-corrected chi connectivity index (χ0v) is 12.1. The second-order valence-electron chi connectivity index (χ2n) is 6.51. The number of nitrogens with zero attached hydrogens (tertiary/aromatic N) is 2. The van der Waals surface area contributed by atoms with Crippen LogP contribution in [-0.2, 0) is 0 Å². The molecule has 4 unspecified atom stereocenters. The number of nitrogens with one attached hydrogen (secondary N) is 2. The van der Waals surface area contributed by atoms with Crippen LogP contribution >= 0.6 is 0 Å². The topological polar surface area (TPSA) is 59.9 Å². The van der Waals surface area contributed by atoms with E-state index in [1.54, 1.807) is 0 Å². The van der Waals surface area contributed by atoms with E-state index in [0.29, 0.717) is 18.2 Å². The third-order valence-corrected chi connectivity index (χ3v) is 5.17. The molecule has 3 fully saturated rings. The van der Waals surface area contributed by atoms with Gasteiger partial charge in [0, 0.05) is 23.9 Å². The van der Waals surface area contributed by atoms with Crippen LogP contribution in [0.1, 0.15) is 39.0 Å². The number of aliphatic hydroxyl groups is 1. The average Bonchev–Trinajstić information content (AvgIpc) is 3.00. The summed E-state index contributed by atoms with van der Waals surface area (Å²) in [6.45, 7) is 4.10. The maximum Gasteiger partial charge on any atom is 0.126 e. The van der Waals surface area contributed by atoms with E-state index in [9.17, 15) is 5.11 Å². The number of aliphatic imine (C=N–C) groups is 1. The van der Waals surface area contributed by atoms with Gasteiger partial charge in [0.1, 0.15) is 5.84 Å². The summed E-state index contributed by atoms with van der Waals surface area (Å²) in [4.78, 5) is 7.23. The third-order valence-electron chi connectivity index (χ3n) is 5.17. The Hall–Kier alpha value is -1.07. The molecule has 0 radical (unpaired) electrons. The SMILES string of the molecule is CC1NC2CN=C3NCCC3=C2N1C1CCCC(O)C1. The normalized spacial score (nSPS) is 40.3. The summed E-state index contributed by atoms with van der Waals surface area (Å²) in [5.41, 5.74) is 2.88. The Balaban J connectivity index is 1.68. The maximum atomic E-state index is 10.0. The number of hydrogen-bond donors (Lipinski definition) is 3. The lowest BCUT2D eigenvalue weighted by Crippen LogP contribution is -2.44. The smallest absolute Gasteiger partial charge is 0.126 e. The van der Waals surface area contributed by atoms with Gasteiger partial charge in [0.15, 0.2) is 0 Å². The Bertz CT molecular complexity index is 472. The number of hydrogen-bond acceptors (Lipinski definition) is 5. The van der Waals surface area contributed by atoms with Crippen LogP contribution < -0.4 is 10.6 Å². The predicted molar refractivity (Wildman–Crippen MR) is 78.4 cm³/mol. The molecule has 5 heteroatoms. The molecule has 0 spiro atoms. The van der Waals surface area contributed by atoms with E-state index in [0.717, 1.165) is 44.6 Å². The first-order valence-electron chi connectivity index (χ1n) is 7.98. The summed E-state index contributed by atoms with van der Waals surface area (Å²) < 4.78 is 0.